The Hall–Kier alpha value is -3.59. The van der Waals surface area contributed by atoms with Crippen LogP contribution in [-0.4, -0.2) is 31.8 Å². The summed E-state index contributed by atoms with van der Waals surface area (Å²) in [6.45, 7) is -0.211. The number of fused-ring (bicyclic) bond motifs is 1. The Kier molecular flexibility index (Phi) is 7.87. The smallest absolute Gasteiger partial charge is 0.355 e. The summed E-state index contributed by atoms with van der Waals surface area (Å²) in [4.78, 5) is 25.0. The fourth-order valence-electron chi connectivity index (χ4n) is 3.03. The van der Waals surface area contributed by atoms with Crippen LogP contribution >= 0.6 is 34.5 Å². The zero-order chi connectivity index (χ0) is 24.8. The van der Waals surface area contributed by atoms with Gasteiger partial charge in [0.2, 0.25) is 0 Å². The fraction of sp³-hybridized carbons (Fsp3) is 0.0800. The van der Waals surface area contributed by atoms with Crippen LogP contribution in [0.25, 0.3) is 10.1 Å². The third-order valence-corrected chi connectivity index (χ3v) is 6.60. The van der Waals surface area contributed by atoms with Crippen LogP contribution in [0, 0.1) is 0 Å². The maximum Gasteiger partial charge on any atom is 0.355 e. The lowest BCUT2D eigenvalue weighted by molar-refractivity contribution is -0.123. The number of rotatable bonds is 8. The Labute approximate surface area is 214 Å². The van der Waals surface area contributed by atoms with Crippen molar-refractivity contribution < 1.29 is 23.8 Å². The van der Waals surface area contributed by atoms with E-state index in [1.54, 1.807) is 42.5 Å². The van der Waals surface area contributed by atoms with Crippen molar-refractivity contribution in [1.29, 1.82) is 0 Å². The number of halogens is 2. The largest absolute Gasteiger partial charge is 0.493 e. The number of nitrogens with zero attached hydrogens (tertiary/aromatic N) is 1. The average Bonchev–Trinajstić information content (AvgIpc) is 3.21. The monoisotopic (exact) mass is 528 g/mol. The first-order valence-corrected chi connectivity index (χ1v) is 11.8. The number of hydrazone groups is 1. The lowest BCUT2D eigenvalue weighted by Crippen LogP contribution is -2.24. The second-order valence-electron chi connectivity index (χ2n) is 7.08. The molecule has 7 nitrogen and oxygen atoms in total. The first kappa shape index (κ1) is 24.5. The summed E-state index contributed by atoms with van der Waals surface area (Å²) in [5.41, 5.74) is 2.99. The molecule has 0 saturated heterocycles. The average molecular weight is 529 g/mol. The van der Waals surface area contributed by atoms with E-state index < -0.39 is 11.9 Å². The second-order valence-corrected chi connectivity index (χ2v) is 8.94. The van der Waals surface area contributed by atoms with E-state index >= 15 is 0 Å². The standard InChI is InChI=1S/C25H18Cl2N2O5S/c1-32-20-12-15(13-28-29-22(30)14-33-17-9-7-16(26)8-10-17)6-11-19(20)34-25(31)24-23(27)18-4-2-3-5-21(18)35-24/h2-13H,14H2,1H3,(H,29,30)/b28-13+. The highest BCUT2D eigenvalue weighted by Crippen LogP contribution is 2.37. The molecule has 35 heavy (non-hydrogen) atoms. The normalized spacial score (nSPS) is 10.9. The van der Waals surface area contributed by atoms with Crippen molar-refractivity contribution >= 4 is 62.7 Å². The highest BCUT2D eigenvalue weighted by atomic mass is 35.5. The fourth-order valence-corrected chi connectivity index (χ4v) is 4.54. The molecule has 0 saturated carbocycles. The van der Waals surface area contributed by atoms with E-state index in [9.17, 15) is 9.59 Å². The SMILES string of the molecule is COc1cc(/C=N/NC(=O)COc2ccc(Cl)cc2)ccc1OC(=O)c1sc2ccccc2c1Cl. The molecule has 0 aliphatic rings. The highest BCUT2D eigenvalue weighted by Gasteiger charge is 2.20. The van der Waals surface area contributed by atoms with Crippen LogP contribution in [0.5, 0.6) is 17.2 Å². The molecule has 1 aromatic heterocycles. The molecule has 1 amide bonds. The summed E-state index contributed by atoms with van der Waals surface area (Å²) in [7, 11) is 1.45. The van der Waals surface area contributed by atoms with Crippen LogP contribution in [0.4, 0.5) is 0 Å². The number of amides is 1. The maximum absolute atomic E-state index is 12.7. The molecule has 0 aliphatic carbocycles. The zero-order valence-electron chi connectivity index (χ0n) is 18.3. The molecule has 0 atom stereocenters. The molecule has 0 unspecified atom stereocenters. The van der Waals surface area contributed by atoms with E-state index in [0.717, 1.165) is 10.1 Å². The van der Waals surface area contributed by atoms with E-state index in [-0.39, 0.29) is 12.4 Å². The van der Waals surface area contributed by atoms with Gasteiger partial charge in [-0.15, -0.1) is 11.3 Å². The third-order valence-electron chi connectivity index (χ3n) is 4.70. The Bertz CT molecular complexity index is 1400. The third kappa shape index (κ3) is 6.10. The molecule has 178 valence electrons. The van der Waals surface area contributed by atoms with Gasteiger partial charge in [0, 0.05) is 15.1 Å². The van der Waals surface area contributed by atoms with Crippen molar-refractivity contribution in [2.24, 2.45) is 5.10 Å². The van der Waals surface area contributed by atoms with Gasteiger partial charge in [-0.25, -0.2) is 10.2 Å². The molecular weight excluding hydrogens is 511 g/mol. The molecule has 0 fully saturated rings. The number of hydrogen-bond donors (Lipinski definition) is 1. The van der Waals surface area contributed by atoms with Gasteiger partial charge >= 0.3 is 5.97 Å². The topological polar surface area (TPSA) is 86.2 Å². The molecule has 1 heterocycles. The molecule has 0 spiro atoms. The van der Waals surface area contributed by atoms with Gasteiger partial charge in [-0.2, -0.15) is 5.10 Å². The number of benzene rings is 3. The van der Waals surface area contributed by atoms with E-state index in [1.807, 2.05) is 24.3 Å². The first-order valence-electron chi connectivity index (χ1n) is 10.2. The predicted octanol–water partition coefficient (Wildman–Crippen LogP) is 5.97. The van der Waals surface area contributed by atoms with Crippen molar-refractivity contribution in [3.05, 3.63) is 87.2 Å². The number of ether oxygens (including phenoxy) is 3. The zero-order valence-corrected chi connectivity index (χ0v) is 20.6. The van der Waals surface area contributed by atoms with E-state index in [4.69, 9.17) is 37.4 Å². The number of carbonyl (C=O) groups excluding carboxylic acids is 2. The van der Waals surface area contributed by atoms with E-state index in [2.05, 4.69) is 10.5 Å². The molecule has 1 N–H and O–H groups in total. The maximum atomic E-state index is 12.7. The van der Waals surface area contributed by atoms with Crippen LogP contribution in [0.15, 0.2) is 71.8 Å². The molecular formula is C25H18Cl2N2O5S. The Morgan fingerprint density at radius 3 is 2.54 bits per heavy atom. The van der Waals surface area contributed by atoms with E-state index in [1.165, 1.54) is 24.7 Å². The van der Waals surface area contributed by atoms with Crippen LogP contribution in [0.2, 0.25) is 10.0 Å². The summed E-state index contributed by atoms with van der Waals surface area (Å²) in [6, 6.07) is 19.0. The minimum Gasteiger partial charge on any atom is -0.493 e. The minimum absolute atomic E-state index is 0.211. The quantitative estimate of drug-likeness (QED) is 0.132. The van der Waals surface area contributed by atoms with Crippen LogP contribution < -0.4 is 19.6 Å². The second kappa shape index (κ2) is 11.2. The van der Waals surface area contributed by atoms with Gasteiger partial charge in [-0.1, -0.05) is 41.4 Å². The molecule has 0 bridgehead atoms. The van der Waals surface area contributed by atoms with Crippen molar-refractivity contribution in [2.75, 3.05) is 13.7 Å². The molecule has 3 aromatic carbocycles. The molecule has 0 aliphatic heterocycles. The number of carbonyl (C=O) groups is 2. The van der Waals surface area contributed by atoms with Crippen molar-refractivity contribution in [1.82, 2.24) is 5.43 Å². The van der Waals surface area contributed by atoms with Crippen molar-refractivity contribution in [3.8, 4) is 17.2 Å². The Morgan fingerprint density at radius 1 is 1.03 bits per heavy atom. The number of nitrogens with one attached hydrogen (secondary N) is 1. The predicted molar refractivity (Wildman–Crippen MR) is 137 cm³/mol. The number of thiophene rings is 1. The summed E-state index contributed by atoms with van der Waals surface area (Å²) < 4.78 is 17.1. The van der Waals surface area contributed by atoms with Gasteiger partial charge < -0.3 is 14.2 Å². The Morgan fingerprint density at radius 2 is 1.80 bits per heavy atom. The Balaban J connectivity index is 1.37. The summed E-state index contributed by atoms with van der Waals surface area (Å²) in [6.07, 6.45) is 1.43. The molecule has 4 aromatic rings. The van der Waals surface area contributed by atoms with Crippen LogP contribution in [-0.2, 0) is 4.79 Å². The van der Waals surface area contributed by atoms with Crippen LogP contribution in [0.1, 0.15) is 15.2 Å². The summed E-state index contributed by atoms with van der Waals surface area (Å²) >= 11 is 13.4. The lowest BCUT2D eigenvalue weighted by Gasteiger charge is -2.09. The van der Waals surface area contributed by atoms with Gasteiger partial charge in [-0.3, -0.25) is 4.79 Å². The number of esters is 1. The van der Waals surface area contributed by atoms with Gasteiger partial charge in [-0.05, 0) is 54.1 Å². The number of methoxy groups -OCH3 is 1. The van der Waals surface area contributed by atoms with E-state index in [0.29, 0.717) is 32.0 Å². The first-order chi connectivity index (χ1) is 16.9. The van der Waals surface area contributed by atoms with Gasteiger partial charge in [0.25, 0.3) is 5.91 Å². The lowest BCUT2D eigenvalue weighted by atomic mass is 10.2. The summed E-state index contributed by atoms with van der Waals surface area (Å²) in [5, 5.41) is 5.64. The number of hydrogen-bond acceptors (Lipinski definition) is 7. The van der Waals surface area contributed by atoms with Crippen molar-refractivity contribution in [2.45, 2.75) is 0 Å². The van der Waals surface area contributed by atoms with Crippen LogP contribution in [0.3, 0.4) is 0 Å². The molecule has 4 rings (SSSR count). The molecule has 10 heteroatoms. The summed E-state index contributed by atoms with van der Waals surface area (Å²) in [5.74, 6) is 0.0404. The van der Waals surface area contributed by atoms with Gasteiger partial charge in [0.15, 0.2) is 18.1 Å². The highest BCUT2D eigenvalue weighted by molar-refractivity contribution is 7.21. The van der Waals surface area contributed by atoms with Crippen molar-refractivity contribution in [3.63, 3.8) is 0 Å². The van der Waals surface area contributed by atoms with Gasteiger partial charge in [0.1, 0.15) is 10.6 Å². The van der Waals surface area contributed by atoms with Gasteiger partial charge in [0.05, 0.1) is 18.3 Å². The minimum atomic E-state index is -0.580. The molecule has 0 radical (unpaired) electrons.